The lowest BCUT2D eigenvalue weighted by atomic mass is 9.72. The summed E-state index contributed by atoms with van der Waals surface area (Å²) in [5, 5.41) is 16.9. The zero-order valence-electron chi connectivity index (χ0n) is 17.7. The summed E-state index contributed by atoms with van der Waals surface area (Å²) in [5.74, 6) is 0.305. The number of Topliss-reactive ketones (excluding diaryl/α,β-unsaturated/α-hetero) is 1. The van der Waals surface area contributed by atoms with Crippen molar-refractivity contribution >= 4 is 18.2 Å². The molecular formula is C23H31FN2O5. The molecule has 8 heteroatoms. The van der Waals surface area contributed by atoms with Crippen LogP contribution in [0.1, 0.15) is 48.9 Å². The number of carboxylic acid groups (broad SMARTS) is 1. The van der Waals surface area contributed by atoms with Gasteiger partial charge >= 0.3 is 0 Å². The largest absolute Gasteiger partial charge is 0.483 e. The molecule has 170 valence electrons. The second-order valence-electron chi connectivity index (χ2n) is 8.64. The molecule has 3 aliphatic heterocycles. The highest BCUT2D eigenvalue weighted by Gasteiger charge is 2.47. The van der Waals surface area contributed by atoms with E-state index in [9.17, 15) is 19.1 Å². The van der Waals surface area contributed by atoms with Gasteiger partial charge in [0.05, 0.1) is 6.61 Å². The number of ketones is 1. The lowest BCUT2D eigenvalue weighted by molar-refractivity contribution is -0.142. The molecule has 3 aliphatic rings. The average molecular weight is 435 g/mol. The van der Waals surface area contributed by atoms with Crippen molar-refractivity contribution in [3.8, 4) is 0 Å². The third kappa shape index (κ3) is 5.49. The van der Waals surface area contributed by atoms with E-state index in [4.69, 9.17) is 9.90 Å². The summed E-state index contributed by atoms with van der Waals surface area (Å²) in [6.07, 6.45) is 4.99. The van der Waals surface area contributed by atoms with Crippen LogP contribution < -0.4 is 0 Å². The number of likely N-dealkylation sites (tertiary alicyclic amines) is 1. The highest BCUT2D eigenvalue weighted by atomic mass is 19.1. The first-order chi connectivity index (χ1) is 15.0. The standard InChI is InChI=1S/C22H29FN2O3.CH2O2/c23-18-6-4-15(5-7-18)21(27)8-9-22(28)24-12-16-11-17(13-24)20(14-26)25-10-2-1-3-19(16)25;2-1-3/h4-7,16-17,19-20,26H,1-3,8-14H2;1H,(H,2,3)/t16-,17+,19+,20+;/m1./s1. The number of rotatable bonds is 5. The normalized spacial score (nSPS) is 27.5. The Bertz CT molecular complexity index is 758. The first-order valence-corrected chi connectivity index (χ1v) is 11.0. The summed E-state index contributed by atoms with van der Waals surface area (Å²) >= 11 is 0. The summed E-state index contributed by atoms with van der Waals surface area (Å²) in [4.78, 5) is 37.9. The van der Waals surface area contributed by atoms with Gasteiger partial charge in [0.25, 0.3) is 6.47 Å². The minimum Gasteiger partial charge on any atom is -0.483 e. The Kier molecular flexibility index (Phi) is 8.15. The SMILES string of the molecule is O=C(CCC(=O)N1C[C@H]2C[C@@H](C1)[C@H](CO)N1CCCC[C@@H]21)c1ccc(F)cc1.O=CO. The van der Waals surface area contributed by atoms with E-state index in [1.165, 1.54) is 37.1 Å². The lowest BCUT2D eigenvalue weighted by Crippen LogP contribution is -2.65. The van der Waals surface area contributed by atoms with E-state index in [-0.39, 0.29) is 49.5 Å². The Morgan fingerprint density at radius 2 is 1.77 bits per heavy atom. The van der Waals surface area contributed by atoms with E-state index < -0.39 is 0 Å². The molecule has 4 atom stereocenters. The van der Waals surface area contributed by atoms with Gasteiger partial charge in [0.1, 0.15) is 5.82 Å². The summed E-state index contributed by atoms with van der Waals surface area (Å²) in [7, 11) is 0. The molecule has 0 spiro atoms. The molecule has 3 heterocycles. The Morgan fingerprint density at radius 3 is 2.45 bits per heavy atom. The Labute approximate surface area is 181 Å². The van der Waals surface area contributed by atoms with Gasteiger partial charge in [-0.05, 0) is 61.9 Å². The highest BCUT2D eigenvalue weighted by Crippen LogP contribution is 2.41. The van der Waals surface area contributed by atoms with Gasteiger partial charge in [-0.2, -0.15) is 0 Å². The van der Waals surface area contributed by atoms with Crippen LogP contribution >= 0.6 is 0 Å². The molecule has 2 bridgehead atoms. The second-order valence-corrected chi connectivity index (χ2v) is 8.64. The molecule has 0 radical (unpaired) electrons. The minimum absolute atomic E-state index is 0.0195. The van der Waals surface area contributed by atoms with Gasteiger partial charge in [-0.1, -0.05) is 6.42 Å². The zero-order valence-corrected chi connectivity index (χ0v) is 17.7. The van der Waals surface area contributed by atoms with E-state index in [1.54, 1.807) is 0 Å². The fourth-order valence-corrected chi connectivity index (χ4v) is 5.52. The van der Waals surface area contributed by atoms with Crippen LogP contribution in [0.3, 0.4) is 0 Å². The predicted molar refractivity (Wildman–Crippen MR) is 112 cm³/mol. The molecule has 1 aromatic rings. The van der Waals surface area contributed by atoms with E-state index >= 15 is 0 Å². The maximum atomic E-state index is 13.0. The monoisotopic (exact) mass is 434 g/mol. The second kappa shape index (κ2) is 10.8. The van der Waals surface area contributed by atoms with Crippen molar-refractivity contribution in [1.82, 2.24) is 9.80 Å². The first kappa shape index (κ1) is 23.3. The minimum atomic E-state index is -0.373. The van der Waals surface area contributed by atoms with Crippen molar-refractivity contribution in [2.75, 3.05) is 26.2 Å². The van der Waals surface area contributed by atoms with Gasteiger partial charge in [-0.15, -0.1) is 0 Å². The highest BCUT2D eigenvalue weighted by molar-refractivity contribution is 5.97. The quantitative estimate of drug-likeness (QED) is 0.545. The van der Waals surface area contributed by atoms with Crippen LogP contribution in [0.4, 0.5) is 4.39 Å². The molecular weight excluding hydrogens is 403 g/mol. The zero-order chi connectivity index (χ0) is 22.4. The van der Waals surface area contributed by atoms with Crippen molar-refractivity contribution in [2.45, 2.75) is 50.6 Å². The number of fused-ring (bicyclic) bond motifs is 4. The predicted octanol–water partition coefficient (Wildman–Crippen LogP) is 2.18. The third-order valence-corrected chi connectivity index (χ3v) is 6.89. The maximum absolute atomic E-state index is 13.0. The van der Waals surface area contributed by atoms with Gasteiger partial charge in [-0.3, -0.25) is 19.3 Å². The van der Waals surface area contributed by atoms with Crippen molar-refractivity contribution in [3.63, 3.8) is 0 Å². The van der Waals surface area contributed by atoms with Gasteiger partial charge < -0.3 is 15.1 Å². The number of piperidine rings is 3. The molecule has 3 saturated heterocycles. The lowest BCUT2D eigenvalue weighted by Gasteiger charge is -2.56. The Hall–Kier alpha value is -2.32. The van der Waals surface area contributed by atoms with Crippen LogP contribution in [-0.2, 0) is 9.59 Å². The number of carbonyl (C=O) groups is 3. The molecule has 1 amide bonds. The Morgan fingerprint density at radius 1 is 1.10 bits per heavy atom. The fourth-order valence-electron chi connectivity index (χ4n) is 5.52. The fraction of sp³-hybridized carbons (Fsp3) is 0.609. The van der Waals surface area contributed by atoms with Crippen molar-refractivity contribution in [2.24, 2.45) is 11.8 Å². The molecule has 31 heavy (non-hydrogen) atoms. The molecule has 3 fully saturated rings. The number of hydrogen-bond acceptors (Lipinski definition) is 5. The van der Waals surface area contributed by atoms with Crippen LogP contribution in [0.5, 0.6) is 0 Å². The molecule has 0 unspecified atom stereocenters. The molecule has 2 N–H and O–H groups in total. The van der Waals surface area contributed by atoms with Crippen LogP contribution in [0, 0.1) is 17.7 Å². The number of aliphatic hydroxyl groups excluding tert-OH is 1. The number of aliphatic hydroxyl groups is 1. The van der Waals surface area contributed by atoms with Crippen molar-refractivity contribution in [1.29, 1.82) is 0 Å². The van der Waals surface area contributed by atoms with E-state index in [0.717, 1.165) is 25.9 Å². The van der Waals surface area contributed by atoms with Crippen LogP contribution in [0.15, 0.2) is 24.3 Å². The van der Waals surface area contributed by atoms with Gasteiger partial charge in [0.2, 0.25) is 5.91 Å². The van der Waals surface area contributed by atoms with Crippen LogP contribution in [-0.4, -0.2) is 76.5 Å². The van der Waals surface area contributed by atoms with E-state index in [1.807, 2.05) is 4.90 Å². The van der Waals surface area contributed by atoms with Crippen LogP contribution in [0.25, 0.3) is 0 Å². The number of hydrogen-bond donors (Lipinski definition) is 2. The number of amides is 1. The first-order valence-electron chi connectivity index (χ1n) is 11.0. The summed E-state index contributed by atoms with van der Waals surface area (Å²) < 4.78 is 13.0. The number of halogens is 1. The smallest absolute Gasteiger partial charge is 0.290 e. The summed E-state index contributed by atoms with van der Waals surface area (Å²) in [6, 6.07) is 6.10. The number of carbonyl (C=O) groups excluding carboxylic acids is 2. The van der Waals surface area contributed by atoms with Gasteiger partial charge in [0, 0.05) is 43.6 Å². The molecule has 7 nitrogen and oxygen atoms in total. The third-order valence-electron chi connectivity index (χ3n) is 6.89. The maximum Gasteiger partial charge on any atom is 0.290 e. The van der Waals surface area contributed by atoms with Crippen molar-refractivity contribution < 1.29 is 29.0 Å². The van der Waals surface area contributed by atoms with E-state index in [2.05, 4.69) is 4.90 Å². The molecule has 0 aromatic heterocycles. The van der Waals surface area contributed by atoms with Gasteiger partial charge in [-0.25, -0.2) is 4.39 Å². The average Bonchev–Trinajstić information content (AvgIpc) is 2.78. The van der Waals surface area contributed by atoms with E-state index in [0.29, 0.717) is 30.0 Å². The summed E-state index contributed by atoms with van der Waals surface area (Å²) in [5.41, 5.74) is 0.447. The molecule has 0 saturated carbocycles. The van der Waals surface area contributed by atoms with Crippen molar-refractivity contribution in [3.05, 3.63) is 35.6 Å². The molecule has 0 aliphatic carbocycles. The number of benzene rings is 1. The Balaban J connectivity index is 0.000000858. The summed E-state index contributed by atoms with van der Waals surface area (Å²) in [6.45, 7) is 2.40. The van der Waals surface area contributed by atoms with Gasteiger partial charge in [0.15, 0.2) is 5.78 Å². The molecule has 1 aromatic carbocycles. The number of nitrogens with zero attached hydrogens (tertiary/aromatic N) is 2. The topological polar surface area (TPSA) is 98.2 Å². The van der Waals surface area contributed by atoms with Crippen LogP contribution in [0.2, 0.25) is 0 Å². The molecule has 4 rings (SSSR count).